The van der Waals surface area contributed by atoms with E-state index in [4.69, 9.17) is 21.1 Å². The third kappa shape index (κ3) is 5.61. The minimum Gasteiger partial charge on any atom is -0.497 e. The lowest BCUT2D eigenvalue weighted by molar-refractivity contribution is 0.0499. The monoisotopic (exact) mass is 404 g/mol. The van der Waals surface area contributed by atoms with E-state index in [0.717, 1.165) is 61.2 Å². The quantitative estimate of drug-likeness (QED) is 0.730. The van der Waals surface area contributed by atoms with Crippen LogP contribution in [0.2, 0.25) is 5.02 Å². The van der Waals surface area contributed by atoms with Crippen LogP contribution in [0.4, 0.5) is 0 Å². The standard InChI is InChI=1S/C22H29ClN2O3/c1-27-21-11-18(12-22(13-21)28-2)15-25-8-7-24(16-20(25)6-9-26)14-17-4-3-5-19(23)10-17/h3-5,10-13,20,26H,6-9,14-16H2,1-2H3/t20-/m0/s1. The van der Waals surface area contributed by atoms with Gasteiger partial charge in [0.05, 0.1) is 14.2 Å². The number of hydrogen-bond acceptors (Lipinski definition) is 5. The zero-order chi connectivity index (χ0) is 19.9. The molecule has 6 heteroatoms. The molecule has 3 rings (SSSR count). The van der Waals surface area contributed by atoms with Gasteiger partial charge >= 0.3 is 0 Å². The van der Waals surface area contributed by atoms with Crippen LogP contribution in [-0.4, -0.2) is 61.4 Å². The van der Waals surface area contributed by atoms with Gasteiger partial charge in [0.25, 0.3) is 0 Å². The molecule has 5 nitrogen and oxygen atoms in total. The minimum absolute atomic E-state index is 0.188. The predicted octanol–water partition coefficient (Wildman–Crippen LogP) is 3.43. The third-order valence-electron chi connectivity index (χ3n) is 5.24. The van der Waals surface area contributed by atoms with E-state index in [9.17, 15) is 5.11 Å². The Balaban J connectivity index is 1.67. The Morgan fingerprint density at radius 2 is 1.75 bits per heavy atom. The molecule has 0 spiro atoms. The fourth-order valence-corrected chi connectivity index (χ4v) is 4.03. The lowest BCUT2D eigenvalue weighted by Gasteiger charge is -2.41. The smallest absolute Gasteiger partial charge is 0.122 e. The molecule has 28 heavy (non-hydrogen) atoms. The Hall–Kier alpha value is -1.79. The SMILES string of the molecule is COc1cc(CN2CCN(Cc3cccc(Cl)c3)C[C@@H]2CCO)cc(OC)c1. The molecule has 0 saturated carbocycles. The van der Waals surface area contributed by atoms with E-state index in [1.54, 1.807) is 14.2 Å². The molecule has 0 unspecified atom stereocenters. The lowest BCUT2D eigenvalue weighted by atomic mass is 10.1. The number of benzene rings is 2. The highest BCUT2D eigenvalue weighted by Crippen LogP contribution is 2.25. The van der Waals surface area contributed by atoms with E-state index in [1.165, 1.54) is 5.56 Å². The molecule has 1 fully saturated rings. The summed E-state index contributed by atoms with van der Waals surface area (Å²) < 4.78 is 10.8. The number of nitrogens with zero attached hydrogens (tertiary/aromatic N) is 2. The average Bonchev–Trinajstić information content (AvgIpc) is 2.70. The first-order valence-electron chi connectivity index (χ1n) is 9.65. The fraction of sp³-hybridized carbons (Fsp3) is 0.455. The van der Waals surface area contributed by atoms with Crippen LogP contribution in [0.1, 0.15) is 17.5 Å². The number of hydrogen-bond donors (Lipinski definition) is 1. The summed E-state index contributed by atoms with van der Waals surface area (Å²) in [4.78, 5) is 4.88. The van der Waals surface area contributed by atoms with Gasteiger partial charge in [0, 0.05) is 56.5 Å². The molecule has 1 N–H and O–H groups in total. The maximum absolute atomic E-state index is 9.58. The van der Waals surface area contributed by atoms with Crippen LogP contribution in [0.25, 0.3) is 0 Å². The van der Waals surface area contributed by atoms with Crippen molar-refractivity contribution in [2.45, 2.75) is 25.6 Å². The van der Waals surface area contributed by atoms with Crippen molar-refractivity contribution in [3.8, 4) is 11.5 Å². The molecule has 1 saturated heterocycles. The Bertz CT molecular complexity index is 749. The Morgan fingerprint density at radius 1 is 1.00 bits per heavy atom. The average molecular weight is 405 g/mol. The van der Waals surface area contributed by atoms with E-state index in [1.807, 2.05) is 24.3 Å². The van der Waals surface area contributed by atoms with Crippen LogP contribution in [0, 0.1) is 0 Å². The molecule has 1 heterocycles. The zero-order valence-electron chi connectivity index (χ0n) is 16.6. The van der Waals surface area contributed by atoms with Crippen molar-refractivity contribution in [1.82, 2.24) is 9.80 Å². The second-order valence-electron chi connectivity index (χ2n) is 7.22. The van der Waals surface area contributed by atoms with Gasteiger partial charge in [-0.1, -0.05) is 23.7 Å². The zero-order valence-corrected chi connectivity index (χ0v) is 17.4. The van der Waals surface area contributed by atoms with E-state index in [0.29, 0.717) is 6.04 Å². The molecule has 1 aliphatic heterocycles. The summed E-state index contributed by atoms with van der Waals surface area (Å²) in [5.41, 5.74) is 2.38. The summed E-state index contributed by atoms with van der Waals surface area (Å²) in [5.74, 6) is 1.60. The third-order valence-corrected chi connectivity index (χ3v) is 5.48. The fourth-order valence-electron chi connectivity index (χ4n) is 3.82. The molecule has 152 valence electrons. The first-order valence-corrected chi connectivity index (χ1v) is 10.0. The molecule has 1 atom stereocenters. The highest BCUT2D eigenvalue weighted by Gasteiger charge is 2.27. The number of aliphatic hydroxyl groups is 1. The minimum atomic E-state index is 0.188. The summed E-state index contributed by atoms with van der Waals surface area (Å²) >= 11 is 6.12. The molecule has 0 amide bonds. The number of piperazine rings is 1. The van der Waals surface area contributed by atoms with Crippen LogP contribution in [0.15, 0.2) is 42.5 Å². The van der Waals surface area contributed by atoms with Crippen molar-refractivity contribution in [2.24, 2.45) is 0 Å². The molecule has 2 aromatic carbocycles. The molecule has 0 radical (unpaired) electrons. The Morgan fingerprint density at radius 3 is 2.39 bits per heavy atom. The summed E-state index contributed by atoms with van der Waals surface area (Å²) in [6, 6.07) is 14.3. The maximum atomic E-state index is 9.58. The van der Waals surface area contributed by atoms with Gasteiger partial charge in [0.15, 0.2) is 0 Å². The summed E-state index contributed by atoms with van der Waals surface area (Å²) in [7, 11) is 3.34. The summed E-state index contributed by atoms with van der Waals surface area (Å²) in [5, 5.41) is 10.3. The van der Waals surface area contributed by atoms with Crippen LogP contribution in [0.5, 0.6) is 11.5 Å². The van der Waals surface area contributed by atoms with E-state index in [2.05, 4.69) is 28.0 Å². The molecular formula is C22H29ClN2O3. The number of methoxy groups -OCH3 is 2. The van der Waals surface area contributed by atoms with Gasteiger partial charge in [-0.05, 0) is 41.8 Å². The van der Waals surface area contributed by atoms with Crippen molar-refractivity contribution in [3.05, 3.63) is 58.6 Å². The van der Waals surface area contributed by atoms with E-state index >= 15 is 0 Å². The number of ether oxygens (including phenoxy) is 2. The van der Waals surface area contributed by atoms with Crippen molar-refractivity contribution < 1.29 is 14.6 Å². The second kappa shape index (κ2) is 10.1. The van der Waals surface area contributed by atoms with Crippen LogP contribution in [0.3, 0.4) is 0 Å². The van der Waals surface area contributed by atoms with Crippen LogP contribution >= 0.6 is 11.6 Å². The normalized spacial score (nSPS) is 18.2. The number of rotatable bonds is 8. The Kier molecular flexibility index (Phi) is 7.57. The highest BCUT2D eigenvalue weighted by atomic mass is 35.5. The van der Waals surface area contributed by atoms with Crippen LogP contribution < -0.4 is 9.47 Å². The van der Waals surface area contributed by atoms with E-state index in [-0.39, 0.29) is 6.61 Å². The summed E-state index contributed by atoms with van der Waals surface area (Å²) in [6.45, 7) is 4.73. The van der Waals surface area contributed by atoms with Gasteiger partial charge in [-0.3, -0.25) is 9.80 Å². The molecule has 2 aromatic rings. The molecule has 0 aromatic heterocycles. The molecule has 0 aliphatic carbocycles. The molecule has 1 aliphatic rings. The predicted molar refractivity (Wildman–Crippen MR) is 112 cm³/mol. The van der Waals surface area contributed by atoms with Crippen molar-refractivity contribution in [2.75, 3.05) is 40.5 Å². The lowest BCUT2D eigenvalue weighted by Crippen LogP contribution is -2.52. The van der Waals surface area contributed by atoms with Crippen molar-refractivity contribution in [1.29, 1.82) is 0 Å². The van der Waals surface area contributed by atoms with Crippen molar-refractivity contribution >= 4 is 11.6 Å². The summed E-state index contributed by atoms with van der Waals surface area (Å²) in [6.07, 6.45) is 0.757. The molecular weight excluding hydrogens is 376 g/mol. The van der Waals surface area contributed by atoms with Gasteiger partial charge in [-0.2, -0.15) is 0 Å². The van der Waals surface area contributed by atoms with Gasteiger partial charge in [-0.25, -0.2) is 0 Å². The first kappa shape index (κ1) is 20.9. The van der Waals surface area contributed by atoms with Gasteiger partial charge in [-0.15, -0.1) is 0 Å². The second-order valence-corrected chi connectivity index (χ2v) is 7.66. The maximum Gasteiger partial charge on any atom is 0.122 e. The first-order chi connectivity index (χ1) is 13.6. The van der Waals surface area contributed by atoms with Gasteiger partial charge in [0.1, 0.15) is 11.5 Å². The highest BCUT2D eigenvalue weighted by molar-refractivity contribution is 6.30. The topological polar surface area (TPSA) is 45.2 Å². The number of halogens is 1. The van der Waals surface area contributed by atoms with Gasteiger partial charge < -0.3 is 14.6 Å². The Labute approximate surface area is 172 Å². The number of aliphatic hydroxyl groups excluding tert-OH is 1. The van der Waals surface area contributed by atoms with Crippen molar-refractivity contribution in [3.63, 3.8) is 0 Å². The van der Waals surface area contributed by atoms with Crippen LogP contribution in [-0.2, 0) is 13.1 Å². The largest absolute Gasteiger partial charge is 0.497 e. The van der Waals surface area contributed by atoms with Gasteiger partial charge in [0.2, 0.25) is 0 Å². The molecule has 0 bridgehead atoms. The van der Waals surface area contributed by atoms with E-state index < -0.39 is 0 Å².